The van der Waals surface area contributed by atoms with Crippen LogP contribution >= 0.6 is 11.3 Å². The van der Waals surface area contributed by atoms with E-state index in [1.165, 1.54) is 36.9 Å². The van der Waals surface area contributed by atoms with Crippen molar-refractivity contribution in [2.75, 3.05) is 0 Å². The highest BCUT2D eigenvalue weighted by atomic mass is 32.1. The Kier molecular flexibility index (Phi) is 4.19. The third kappa shape index (κ3) is 3.41. The Bertz CT molecular complexity index is 688. The van der Waals surface area contributed by atoms with Gasteiger partial charge in [0.25, 0.3) is 5.56 Å². The fourth-order valence-corrected chi connectivity index (χ4v) is 3.59. The maximum absolute atomic E-state index is 11.9. The molecule has 2 aromatic rings. The van der Waals surface area contributed by atoms with Crippen molar-refractivity contribution in [3.63, 3.8) is 0 Å². The maximum Gasteiger partial charge on any atom is 0.315 e. The number of hydrogen-bond acceptors (Lipinski definition) is 4. The first-order valence-corrected chi connectivity index (χ1v) is 8.04. The van der Waals surface area contributed by atoms with Crippen LogP contribution in [0.15, 0.2) is 17.2 Å². The third-order valence-electron chi connectivity index (χ3n) is 3.75. The molecule has 0 spiro atoms. The van der Waals surface area contributed by atoms with Crippen molar-refractivity contribution < 1.29 is 4.79 Å². The van der Waals surface area contributed by atoms with Crippen LogP contribution in [0.25, 0.3) is 10.2 Å². The number of hydrogen-bond donors (Lipinski definition) is 3. The van der Waals surface area contributed by atoms with E-state index in [9.17, 15) is 9.59 Å². The molecule has 0 radical (unpaired) electrons. The molecule has 3 N–H and O–H groups in total. The van der Waals surface area contributed by atoms with E-state index in [0.717, 1.165) is 17.7 Å². The van der Waals surface area contributed by atoms with Crippen molar-refractivity contribution in [1.29, 1.82) is 0 Å². The summed E-state index contributed by atoms with van der Waals surface area (Å²) >= 11 is 1.43. The summed E-state index contributed by atoms with van der Waals surface area (Å²) in [5.74, 6) is 0. The normalized spacial score (nSPS) is 16.0. The van der Waals surface area contributed by atoms with Gasteiger partial charge in [-0.05, 0) is 18.9 Å². The largest absolute Gasteiger partial charge is 0.335 e. The fraction of sp³-hybridized carbons (Fsp3) is 0.500. The second-order valence-corrected chi connectivity index (χ2v) is 6.44. The molecular weight excluding hydrogens is 288 g/mol. The number of carbonyl (C=O) groups is 1. The minimum atomic E-state index is -0.144. The standard InChI is InChI=1S/C14H18N4O2S/c19-12-11-6-10(21-13(11)17-8-16-12)7-15-14(20)18-9-4-2-1-3-5-9/h6,8-9H,1-5,7H2,(H2,15,18,20)(H,16,17,19). The molecule has 0 unspecified atom stereocenters. The van der Waals surface area contributed by atoms with E-state index >= 15 is 0 Å². The van der Waals surface area contributed by atoms with Crippen LogP contribution < -0.4 is 16.2 Å². The molecule has 1 fully saturated rings. The highest BCUT2D eigenvalue weighted by Gasteiger charge is 2.15. The Morgan fingerprint density at radius 1 is 1.38 bits per heavy atom. The number of nitrogens with one attached hydrogen (secondary N) is 3. The average Bonchev–Trinajstić information content (AvgIpc) is 2.91. The smallest absolute Gasteiger partial charge is 0.315 e. The minimum absolute atomic E-state index is 0.138. The van der Waals surface area contributed by atoms with Gasteiger partial charge in [0, 0.05) is 10.9 Å². The van der Waals surface area contributed by atoms with Crippen molar-refractivity contribution in [3.05, 3.63) is 27.6 Å². The van der Waals surface area contributed by atoms with Crippen LogP contribution in [0.5, 0.6) is 0 Å². The van der Waals surface area contributed by atoms with Crippen LogP contribution in [-0.2, 0) is 6.54 Å². The molecule has 7 heteroatoms. The Hall–Kier alpha value is -1.89. The molecule has 112 valence electrons. The summed E-state index contributed by atoms with van der Waals surface area (Å²) in [6, 6.07) is 1.94. The number of thiophene rings is 1. The van der Waals surface area contributed by atoms with Gasteiger partial charge in [-0.15, -0.1) is 11.3 Å². The van der Waals surface area contributed by atoms with E-state index in [-0.39, 0.29) is 11.6 Å². The SMILES string of the molecule is O=C(NCc1cc2c(=O)[nH]cnc2s1)NC1CCCCC1. The number of urea groups is 1. The molecular formula is C14H18N4O2S. The van der Waals surface area contributed by atoms with E-state index in [2.05, 4.69) is 20.6 Å². The van der Waals surface area contributed by atoms with Crippen LogP contribution in [0.2, 0.25) is 0 Å². The van der Waals surface area contributed by atoms with Crippen LogP contribution in [-0.4, -0.2) is 22.0 Å². The lowest BCUT2D eigenvalue weighted by Gasteiger charge is -2.22. The van der Waals surface area contributed by atoms with Gasteiger partial charge in [0.05, 0.1) is 18.3 Å². The van der Waals surface area contributed by atoms with Crippen LogP contribution in [0.3, 0.4) is 0 Å². The summed E-state index contributed by atoms with van der Waals surface area (Å²) in [6.45, 7) is 0.416. The summed E-state index contributed by atoms with van der Waals surface area (Å²) in [6.07, 6.45) is 7.17. The minimum Gasteiger partial charge on any atom is -0.335 e. The molecule has 2 aromatic heterocycles. The van der Waals surface area contributed by atoms with Crippen LogP contribution in [0.4, 0.5) is 4.79 Å². The van der Waals surface area contributed by atoms with E-state index in [1.807, 2.05) is 0 Å². The number of fused-ring (bicyclic) bond motifs is 1. The lowest BCUT2D eigenvalue weighted by molar-refractivity contribution is 0.232. The predicted octanol–water partition coefficient (Wildman–Crippen LogP) is 2.12. The molecule has 0 aliphatic heterocycles. The lowest BCUT2D eigenvalue weighted by Crippen LogP contribution is -2.42. The van der Waals surface area contributed by atoms with Gasteiger partial charge in [-0.2, -0.15) is 0 Å². The average molecular weight is 306 g/mol. The maximum atomic E-state index is 11.9. The molecule has 21 heavy (non-hydrogen) atoms. The topological polar surface area (TPSA) is 86.9 Å². The van der Waals surface area contributed by atoms with Crippen molar-refractivity contribution >= 4 is 27.6 Å². The summed E-state index contributed by atoms with van der Waals surface area (Å²) in [5.41, 5.74) is -0.144. The molecule has 3 rings (SSSR count). The van der Waals surface area contributed by atoms with Gasteiger partial charge < -0.3 is 15.6 Å². The summed E-state index contributed by atoms with van der Waals surface area (Å²) in [5, 5.41) is 6.43. The lowest BCUT2D eigenvalue weighted by atomic mass is 9.96. The van der Waals surface area contributed by atoms with Crippen LogP contribution in [0, 0.1) is 0 Å². The summed E-state index contributed by atoms with van der Waals surface area (Å²) < 4.78 is 0. The molecule has 0 bridgehead atoms. The van der Waals surface area contributed by atoms with Gasteiger partial charge in [-0.1, -0.05) is 19.3 Å². The Morgan fingerprint density at radius 3 is 2.95 bits per heavy atom. The van der Waals surface area contributed by atoms with Crippen molar-refractivity contribution in [2.45, 2.75) is 44.7 Å². The molecule has 1 saturated carbocycles. The zero-order chi connectivity index (χ0) is 14.7. The van der Waals surface area contributed by atoms with Crippen molar-refractivity contribution in [2.24, 2.45) is 0 Å². The van der Waals surface area contributed by atoms with E-state index in [1.54, 1.807) is 6.07 Å². The van der Waals surface area contributed by atoms with Gasteiger partial charge in [-0.25, -0.2) is 9.78 Å². The first kappa shape index (κ1) is 14.1. The van der Waals surface area contributed by atoms with E-state index in [0.29, 0.717) is 22.8 Å². The molecule has 0 saturated heterocycles. The van der Waals surface area contributed by atoms with Gasteiger partial charge in [-0.3, -0.25) is 4.79 Å². The Morgan fingerprint density at radius 2 is 2.19 bits per heavy atom. The van der Waals surface area contributed by atoms with Gasteiger partial charge in [0.1, 0.15) is 4.83 Å². The summed E-state index contributed by atoms with van der Waals surface area (Å²) in [4.78, 5) is 31.8. The second kappa shape index (κ2) is 6.26. The summed E-state index contributed by atoms with van der Waals surface area (Å²) in [7, 11) is 0. The Labute approximate surface area is 126 Å². The third-order valence-corrected chi connectivity index (χ3v) is 4.79. The molecule has 2 heterocycles. The number of carbonyl (C=O) groups excluding carboxylic acids is 1. The molecule has 0 atom stereocenters. The zero-order valence-corrected chi connectivity index (χ0v) is 12.5. The number of amides is 2. The van der Waals surface area contributed by atoms with Gasteiger partial charge >= 0.3 is 6.03 Å². The Balaban J connectivity index is 1.57. The van der Waals surface area contributed by atoms with Crippen molar-refractivity contribution in [3.8, 4) is 0 Å². The predicted molar refractivity (Wildman–Crippen MR) is 82.5 cm³/mol. The number of aromatic nitrogens is 2. The molecule has 2 amide bonds. The first-order chi connectivity index (χ1) is 10.2. The molecule has 0 aromatic carbocycles. The molecule has 1 aliphatic carbocycles. The monoisotopic (exact) mass is 306 g/mol. The quantitative estimate of drug-likeness (QED) is 0.811. The number of rotatable bonds is 3. The first-order valence-electron chi connectivity index (χ1n) is 7.23. The highest BCUT2D eigenvalue weighted by Crippen LogP contribution is 2.20. The van der Waals surface area contributed by atoms with Gasteiger partial charge in [0.2, 0.25) is 0 Å². The number of aromatic amines is 1. The molecule has 6 nitrogen and oxygen atoms in total. The molecule has 1 aliphatic rings. The zero-order valence-electron chi connectivity index (χ0n) is 11.6. The van der Waals surface area contributed by atoms with Crippen LogP contribution in [0.1, 0.15) is 37.0 Å². The van der Waals surface area contributed by atoms with Gasteiger partial charge in [0.15, 0.2) is 0 Å². The second-order valence-electron chi connectivity index (χ2n) is 5.33. The number of H-pyrrole nitrogens is 1. The van der Waals surface area contributed by atoms with E-state index in [4.69, 9.17) is 0 Å². The van der Waals surface area contributed by atoms with E-state index < -0.39 is 0 Å². The number of nitrogens with zero attached hydrogens (tertiary/aromatic N) is 1. The van der Waals surface area contributed by atoms with Crippen molar-refractivity contribution in [1.82, 2.24) is 20.6 Å². The highest BCUT2D eigenvalue weighted by molar-refractivity contribution is 7.18. The fourth-order valence-electron chi connectivity index (χ4n) is 2.66.